The molecule has 0 aliphatic carbocycles. The van der Waals surface area contributed by atoms with Crippen molar-refractivity contribution in [2.75, 3.05) is 0 Å². The molecule has 64 valence electrons. The van der Waals surface area contributed by atoms with Gasteiger partial charge < -0.3 is 4.79 Å². The Balaban J connectivity index is 3.08. The lowest BCUT2D eigenvalue weighted by atomic mass is 10.1. The zero-order valence-corrected chi connectivity index (χ0v) is 7.93. The Morgan fingerprint density at radius 2 is 1.92 bits per heavy atom. The lowest BCUT2D eigenvalue weighted by molar-refractivity contribution is -0.108. The van der Waals surface area contributed by atoms with Crippen molar-refractivity contribution in [2.45, 2.75) is 12.8 Å². The van der Waals surface area contributed by atoms with E-state index in [4.69, 9.17) is 23.2 Å². The van der Waals surface area contributed by atoms with Gasteiger partial charge in [-0.1, -0.05) is 30.1 Å². The standard InChI is InChI=1S/C8H7Cl2NO/c1-5(4-12)6-2-7(9)11-8(10)3-6/h2-5H,1H3. The maximum Gasteiger partial charge on any atom is 0.131 e. The van der Waals surface area contributed by atoms with Gasteiger partial charge in [-0.2, -0.15) is 0 Å². The Hall–Kier alpha value is -0.600. The van der Waals surface area contributed by atoms with Crippen LogP contribution in [0.2, 0.25) is 10.3 Å². The Labute approximate surface area is 80.5 Å². The van der Waals surface area contributed by atoms with Crippen LogP contribution in [0.5, 0.6) is 0 Å². The summed E-state index contributed by atoms with van der Waals surface area (Å²) in [6, 6.07) is 3.26. The fourth-order valence-electron chi connectivity index (χ4n) is 0.825. The van der Waals surface area contributed by atoms with Crippen molar-refractivity contribution >= 4 is 29.5 Å². The third-order valence-electron chi connectivity index (χ3n) is 1.52. The molecule has 4 heteroatoms. The second kappa shape index (κ2) is 3.87. The van der Waals surface area contributed by atoms with Crippen molar-refractivity contribution in [3.63, 3.8) is 0 Å². The minimum Gasteiger partial charge on any atom is -0.303 e. The molecule has 0 amide bonds. The molecule has 0 spiro atoms. The average molecular weight is 204 g/mol. The summed E-state index contributed by atoms with van der Waals surface area (Å²) in [4.78, 5) is 14.2. The van der Waals surface area contributed by atoms with Gasteiger partial charge in [0.2, 0.25) is 0 Å². The van der Waals surface area contributed by atoms with Gasteiger partial charge in [0.25, 0.3) is 0 Å². The molecular formula is C8H7Cl2NO. The normalized spacial score (nSPS) is 12.6. The third kappa shape index (κ3) is 2.19. The van der Waals surface area contributed by atoms with Gasteiger partial charge in [-0.05, 0) is 17.7 Å². The molecule has 0 N–H and O–H groups in total. The summed E-state index contributed by atoms with van der Waals surface area (Å²) in [5.41, 5.74) is 0.787. The highest BCUT2D eigenvalue weighted by Gasteiger charge is 2.06. The molecule has 12 heavy (non-hydrogen) atoms. The first-order chi connectivity index (χ1) is 5.63. The number of carbonyl (C=O) groups is 1. The topological polar surface area (TPSA) is 30.0 Å². The Morgan fingerprint density at radius 3 is 2.33 bits per heavy atom. The van der Waals surface area contributed by atoms with Gasteiger partial charge >= 0.3 is 0 Å². The fourth-order valence-corrected chi connectivity index (χ4v) is 1.30. The smallest absolute Gasteiger partial charge is 0.131 e. The van der Waals surface area contributed by atoms with Crippen LogP contribution in [0.3, 0.4) is 0 Å². The molecule has 1 unspecified atom stereocenters. The highest BCUT2D eigenvalue weighted by Crippen LogP contribution is 2.20. The summed E-state index contributed by atoms with van der Waals surface area (Å²) in [7, 11) is 0. The summed E-state index contributed by atoms with van der Waals surface area (Å²) in [6.07, 6.45) is 0.835. The monoisotopic (exact) mass is 203 g/mol. The van der Waals surface area contributed by atoms with E-state index < -0.39 is 0 Å². The molecule has 0 aliphatic heterocycles. The number of aldehydes is 1. The number of halogens is 2. The molecule has 0 bridgehead atoms. The molecule has 2 nitrogen and oxygen atoms in total. The highest BCUT2D eigenvalue weighted by molar-refractivity contribution is 6.32. The van der Waals surface area contributed by atoms with E-state index in [1.54, 1.807) is 19.1 Å². The first-order valence-electron chi connectivity index (χ1n) is 3.41. The van der Waals surface area contributed by atoms with E-state index in [9.17, 15) is 4.79 Å². The van der Waals surface area contributed by atoms with E-state index in [1.165, 1.54) is 0 Å². The SMILES string of the molecule is CC(C=O)c1cc(Cl)nc(Cl)c1. The number of pyridine rings is 1. The van der Waals surface area contributed by atoms with Gasteiger partial charge in [0.05, 0.1) is 0 Å². The minimum atomic E-state index is -0.192. The minimum absolute atomic E-state index is 0.192. The average Bonchev–Trinajstić information content (AvgIpc) is 2.01. The summed E-state index contributed by atoms with van der Waals surface area (Å²) in [5.74, 6) is -0.192. The van der Waals surface area contributed by atoms with Crippen molar-refractivity contribution in [2.24, 2.45) is 0 Å². The van der Waals surface area contributed by atoms with Gasteiger partial charge in [0, 0.05) is 5.92 Å². The Bertz CT molecular complexity index is 281. The lowest BCUT2D eigenvalue weighted by Crippen LogP contribution is -1.95. The fraction of sp³-hybridized carbons (Fsp3) is 0.250. The molecule has 0 aromatic carbocycles. The van der Waals surface area contributed by atoms with Crippen LogP contribution in [0.4, 0.5) is 0 Å². The molecule has 0 saturated carbocycles. The molecule has 0 aliphatic rings. The molecule has 1 aromatic rings. The van der Waals surface area contributed by atoms with Crippen LogP contribution in [0.25, 0.3) is 0 Å². The highest BCUT2D eigenvalue weighted by atomic mass is 35.5. The third-order valence-corrected chi connectivity index (χ3v) is 1.90. The molecule has 0 saturated heterocycles. The summed E-state index contributed by atoms with van der Waals surface area (Å²) < 4.78 is 0. The van der Waals surface area contributed by atoms with E-state index in [0.717, 1.165) is 11.8 Å². The van der Waals surface area contributed by atoms with E-state index in [1.807, 2.05) is 0 Å². The predicted octanol–water partition coefficient (Wildman–Crippen LogP) is 2.69. The first-order valence-corrected chi connectivity index (χ1v) is 4.17. The van der Waals surface area contributed by atoms with Gasteiger partial charge in [0.1, 0.15) is 16.6 Å². The van der Waals surface area contributed by atoms with E-state index >= 15 is 0 Å². The number of aromatic nitrogens is 1. The van der Waals surface area contributed by atoms with Crippen LogP contribution in [-0.2, 0) is 4.79 Å². The molecule has 1 aromatic heterocycles. The predicted molar refractivity (Wildman–Crippen MR) is 48.7 cm³/mol. The molecule has 1 atom stereocenters. The molecule has 0 fully saturated rings. The second-order valence-corrected chi connectivity index (χ2v) is 3.25. The number of nitrogens with zero attached hydrogens (tertiary/aromatic N) is 1. The first kappa shape index (κ1) is 9.49. The number of hydrogen-bond acceptors (Lipinski definition) is 2. The van der Waals surface area contributed by atoms with Gasteiger partial charge in [-0.3, -0.25) is 0 Å². The lowest BCUT2D eigenvalue weighted by Gasteiger charge is -2.03. The summed E-state index contributed by atoms with van der Waals surface area (Å²) in [6.45, 7) is 1.77. The quantitative estimate of drug-likeness (QED) is 0.547. The number of hydrogen-bond donors (Lipinski definition) is 0. The van der Waals surface area contributed by atoms with E-state index in [0.29, 0.717) is 10.3 Å². The van der Waals surface area contributed by atoms with Crippen molar-refractivity contribution in [1.29, 1.82) is 0 Å². The van der Waals surface area contributed by atoms with Crippen molar-refractivity contribution in [3.8, 4) is 0 Å². The second-order valence-electron chi connectivity index (χ2n) is 2.47. The molecule has 1 heterocycles. The van der Waals surface area contributed by atoms with Crippen molar-refractivity contribution in [3.05, 3.63) is 28.0 Å². The van der Waals surface area contributed by atoms with Crippen LogP contribution in [0, 0.1) is 0 Å². The number of rotatable bonds is 2. The molecule has 1 rings (SSSR count). The Morgan fingerprint density at radius 1 is 1.42 bits per heavy atom. The maximum absolute atomic E-state index is 10.4. The van der Waals surface area contributed by atoms with Gasteiger partial charge in [-0.25, -0.2) is 4.98 Å². The van der Waals surface area contributed by atoms with Crippen molar-refractivity contribution in [1.82, 2.24) is 4.98 Å². The summed E-state index contributed by atoms with van der Waals surface area (Å²) >= 11 is 11.3. The zero-order valence-electron chi connectivity index (χ0n) is 6.42. The molecular weight excluding hydrogens is 197 g/mol. The van der Waals surface area contributed by atoms with Crippen molar-refractivity contribution < 1.29 is 4.79 Å². The van der Waals surface area contributed by atoms with Crippen LogP contribution >= 0.6 is 23.2 Å². The maximum atomic E-state index is 10.4. The van der Waals surface area contributed by atoms with Crippen LogP contribution in [0.15, 0.2) is 12.1 Å². The van der Waals surface area contributed by atoms with E-state index in [-0.39, 0.29) is 5.92 Å². The zero-order chi connectivity index (χ0) is 9.14. The molecule has 0 radical (unpaired) electrons. The largest absolute Gasteiger partial charge is 0.303 e. The van der Waals surface area contributed by atoms with Crippen LogP contribution in [0.1, 0.15) is 18.4 Å². The van der Waals surface area contributed by atoms with Gasteiger partial charge in [0.15, 0.2) is 0 Å². The van der Waals surface area contributed by atoms with E-state index in [2.05, 4.69) is 4.98 Å². The van der Waals surface area contributed by atoms with Crippen LogP contribution in [-0.4, -0.2) is 11.3 Å². The summed E-state index contributed by atoms with van der Waals surface area (Å²) in [5, 5.41) is 0.623. The number of carbonyl (C=O) groups excluding carboxylic acids is 1. The Kier molecular flexibility index (Phi) is 3.06. The van der Waals surface area contributed by atoms with Gasteiger partial charge in [-0.15, -0.1) is 0 Å². The van der Waals surface area contributed by atoms with Crippen LogP contribution < -0.4 is 0 Å².